The Balaban J connectivity index is 2.30. The smallest absolute Gasteiger partial charge is 0.332 e. The molecule has 0 saturated heterocycles. The van der Waals surface area contributed by atoms with E-state index in [9.17, 15) is 14.4 Å². The van der Waals surface area contributed by atoms with Crippen molar-refractivity contribution in [1.29, 1.82) is 0 Å². The summed E-state index contributed by atoms with van der Waals surface area (Å²) in [4.78, 5) is 40.9. The van der Waals surface area contributed by atoms with E-state index >= 15 is 0 Å². The number of Topliss-reactive ketones (excluding diaryl/α,β-unsaturated/α-hetero) is 1. The summed E-state index contributed by atoms with van der Waals surface area (Å²) in [5.74, 6) is -1.79. The fourth-order valence-corrected chi connectivity index (χ4v) is 4.87. The normalized spacial score (nSPS) is 13.6. The molecule has 1 aliphatic rings. The van der Waals surface area contributed by atoms with Gasteiger partial charge in [-0.05, 0) is 35.1 Å². The largest absolute Gasteiger partial charge is 0.468 e. The Bertz CT molecular complexity index is 1170. The van der Waals surface area contributed by atoms with Crippen LogP contribution >= 0.6 is 0 Å². The van der Waals surface area contributed by atoms with Crippen molar-refractivity contribution in [2.45, 2.75) is 50.9 Å². The molecule has 0 fully saturated rings. The van der Waals surface area contributed by atoms with Crippen LogP contribution in [0.15, 0.2) is 78.1 Å². The van der Waals surface area contributed by atoms with Crippen LogP contribution in [0.4, 0.5) is 0 Å². The Kier molecular flexibility index (Phi) is 8.62. The number of hydrogen-bond donors (Lipinski definition) is 0. The lowest BCUT2D eigenvalue weighted by Crippen LogP contribution is -2.46. The Labute approximate surface area is 207 Å². The van der Waals surface area contributed by atoms with E-state index in [0.717, 1.165) is 31.2 Å². The van der Waals surface area contributed by atoms with Crippen LogP contribution in [-0.4, -0.2) is 31.9 Å². The van der Waals surface area contributed by atoms with Gasteiger partial charge >= 0.3 is 11.9 Å². The Morgan fingerprint density at radius 3 is 2.11 bits per heavy atom. The molecule has 182 valence electrons. The quantitative estimate of drug-likeness (QED) is 0.186. The average Bonchev–Trinajstić information content (AvgIpc) is 3.20. The van der Waals surface area contributed by atoms with Gasteiger partial charge in [0, 0.05) is 17.6 Å². The van der Waals surface area contributed by atoms with Gasteiger partial charge in [-0.25, -0.2) is 0 Å². The van der Waals surface area contributed by atoms with E-state index in [0.29, 0.717) is 28.7 Å². The van der Waals surface area contributed by atoms with Gasteiger partial charge in [0.2, 0.25) is 5.41 Å². The number of ketones is 1. The lowest BCUT2D eigenvalue weighted by atomic mass is 9.73. The fraction of sp³-hybridized carbons (Fsp3) is 0.333. The Morgan fingerprint density at radius 1 is 0.886 bits per heavy atom. The summed E-state index contributed by atoms with van der Waals surface area (Å²) in [6.45, 7) is 5.99. The highest BCUT2D eigenvalue weighted by atomic mass is 16.5. The summed E-state index contributed by atoms with van der Waals surface area (Å²) in [5.41, 5.74) is 3.94. The van der Waals surface area contributed by atoms with Crippen LogP contribution in [0.2, 0.25) is 0 Å². The molecule has 5 nitrogen and oxygen atoms in total. The molecule has 0 heterocycles. The molecule has 2 aromatic rings. The molecule has 1 aliphatic carbocycles. The van der Waals surface area contributed by atoms with E-state index in [-0.39, 0.29) is 17.8 Å². The zero-order valence-electron chi connectivity index (χ0n) is 20.7. The molecular weight excluding hydrogens is 440 g/mol. The van der Waals surface area contributed by atoms with Crippen LogP contribution in [0, 0.1) is 0 Å². The van der Waals surface area contributed by atoms with E-state index in [1.165, 1.54) is 14.2 Å². The number of esters is 2. The van der Waals surface area contributed by atoms with Crippen LogP contribution in [0.3, 0.4) is 0 Å². The van der Waals surface area contributed by atoms with Crippen molar-refractivity contribution in [3.63, 3.8) is 0 Å². The van der Waals surface area contributed by atoms with Gasteiger partial charge in [-0.1, -0.05) is 87.4 Å². The van der Waals surface area contributed by atoms with E-state index in [2.05, 4.69) is 19.2 Å². The molecule has 2 aromatic carbocycles. The van der Waals surface area contributed by atoms with Crippen LogP contribution in [0.25, 0.3) is 5.57 Å². The van der Waals surface area contributed by atoms with E-state index in [4.69, 9.17) is 9.47 Å². The molecule has 0 saturated carbocycles. The molecule has 0 N–H and O–H groups in total. The summed E-state index contributed by atoms with van der Waals surface area (Å²) in [6.07, 6.45) is 4.54. The third kappa shape index (κ3) is 4.78. The predicted octanol–water partition coefficient (Wildman–Crippen LogP) is 5.53. The number of carbonyl (C=O) groups is 3. The zero-order chi connectivity index (χ0) is 25.4. The minimum atomic E-state index is -1.92. The summed E-state index contributed by atoms with van der Waals surface area (Å²) in [7, 11) is 2.46. The number of ether oxygens (including phenoxy) is 2. The maximum atomic E-state index is 13.9. The SMILES string of the molecule is C=C=C(CCCCCC)C1=C(C(=O)Cc2ccccc2)c2ccccc2C1(C(=O)OC)C(=O)OC. The third-order valence-corrected chi connectivity index (χ3v) is 6.49. The summed E-state index contributed by atoms with van der Waals surface area (Å²) < 4.78 is 10.4. The third-order valence-electron chi connectivity index (χ3n) is 6.49. The second-order valence-electron chi connectivity index (χ2n) is 8.58. The molecular formula is C30H32O5. The van der Waals surface area contributed by atoms with Crippen molar-refractivity contribution in [3.8, 4) is 0 Å². The van der Waals surface area contributed by atoms with Gasteiger partial charge in [0.25, 0.3) is 0 Å². The van der Waals surface area contributed by atoms with Gasteiger partial charge in [-0.3, -0.25) is 14.4 Å². The van der Waals surface area contributed by atoms with Crippen molar-refractivity contribution >= 4 is 23.3 Å². The summed E-state index contributed by atoms with van der Waals surface area (Å²) in [5, 5.41) is 0. The first-order valence-electron chi connectivity index (χ1n) is 11.9. The Hall–Kier alpha value is -3.69. The van der Waals surface area contributed by atoms with Crippen molar-refractivity contribution < 1.29 is 23.9 Å². The number of hydrogen-bond acceptors (Lipinski definition) is 5. The monoisotopic (exact) mass is 472 g/mol. The standard InChI is InChI=1S/C30H32O5/c1-5-7-8-12-17-22(6-2)27-26(25(31)20-21-15-10-9-11-16-21)23-18-13-14-19-24(23)30(27,28(32)34-3)29(33)35-4/h9-11,13-16,18-19H,2,5,7-8,12,17,20H2,1,3-4H3. The van der Waals surface area contributed by atoms with Gasteiger partial charge < -0.3 is 9.47 Å². The minimum absolute atomic E-state index is 0.118. The number of allylic oxidation sites excluding steroid dienone is 2. The molecule has 0 atom stereocenters. The predicted molar refractivity (Wildman–Crippen MR) is 136 cm³/mol. The number of benzene rings is 2. The van der Waals surface area contributed by atoms with Gasteiger partial charge in [0.05, 0.1) is 14.2 Å². The number of methoxy groups -OCH3 is 2. The summed E-state index contributed by atoms with van der Waals surface area (Å²) in [6, 6.07) is 16.4. The van der Waals surface area contributed by atoms with E-state index < -0.39 is 17.4 Å². The van der Waals surface area contributed by atoms with Gasteiger partial charge in [0.1, 0.15) is 0 Å². The highest BCUT2D eigenvalue weighted by molar-refractivity contribution is 6.30. The average molecular weight is 473 g/mol. The first kappa shape index (κ1) is 25.9. The van der Waals surface area contributed by atoms with Crippen LogP contribution < -0.4 is 0 Å². The first-order chi connectivity index (χ1) is 17.0. The molecule has 0 bridgehead atoms. The molecule has 0 unspecified atom stereocenters. The minimum Gasteiger partial charge on any atom is -0.468 e. The number of fused-ring (bicyclic) bond motifs is 1. The van der Waals surface area contributed by atoms with Crippen LogP contribution in [0.1, 0.15) is 55.7 Å². The highest BCUT2D eigenvalue weighted by Gasteiger charge is 2.60. The van der Waals surface area contributed by atoms with E-state index in [1.54, 1.807) is 24.3 Å². The lowest BCUT2D eigenvalue weighted by Gasteiger charge is -2.29. The second kappa shape index (κ2) is 11.6. The van der Waals surface area contributed by atoms with Crippen molar-refractivity contribution in [1.82, 2.24) is 0 Å². The van der Waals surface area contributed by atoms with Crippen molar-refractivity contribution in [2.75, 3.05) is 14.2 Å². The van der Waals surface area contributed by atoms with Crippen molar-refractivity contribution in [3.05, 3.63) is 94.7 Å². The zero-order valence-corrected chi connectivity index (χ0v) is 20.7. The highest BCUT2D eigenvalue weighted by Crippen LogP contribution is 2.52. The molecule has 5 heteroatoms. The maximum absolute atomic E-state index is 13.9. The molecule has 0 aliphatic heterocycles. The van der Waals surface area contributed by atoms with Gasteiger partial charge in [0.15, 0.2) is 5.78 Å². The maximum Gasteiger partial charge on any atom is 0.332 e. The van der Waals surface area contributed by atoms with E-state index in [1.807, 2.05) is 30.3 Å². The molecule has 35 heavy (non-hydrogen) atoms. The summed E-state index contributed by atoms with van der Waals surface area (Å²) >= 11 is 0. The topological polar surface area (TPSA) is 69.7 Å². The van der Waals surface area contributed by atoms with Gasteiger partial charge in [-0.2, -0.15) is 0 Å². The molecule has 3 rings (SSSR count). The number of unbranched alkanes of at least 4 members (excludes halogenated alkanes) is 3. The fourth-order valence-electron chi connectivity index (χ4n) is 4.87. The Morgan fingerprint density at radius 2 is 1.51 bits per heavy atom. The first-order valence-corrected chi connectivity index (χ1v) is 11.9. The van der Waals surface area contributed by atoms with Crippen LogP contribution in [-0.2, 0) is 35.7 Å². The number of rotatable bonds is 11. The lowest BCUT2D eigenvalue weighted by molar-refractivity contribution is -0.159. The molecule has 0 aromatic heterocycles. The molecule has 0 radical (unpaired) electrons. The van der Waals surface area contributed by atoms with Crippen molar-refractivity contribution in [2.24, 2.45) is 0 Å². The molecule has 0 amide bonds. The van der Waals surface area contributed by atoms with Gasteiger partial charge in [-0.15, -0.1) is 5.73 Å². The van der Waals surface area contributed by atoms with Crippen LogP contribution in [0.5, 0.6) is 0 Å². The second-order valence-corrected chi connectivity index (χ2v) is 8.58. The number of carbonyl (C=O) groups excluding carboxylic acids is 3. The molecule has 0 spiro atoms.